The van der Waals surface area contributed by atoms with Crippen LogP contribution in [0.15, 0.2) is 59.5 Å². The fourth-order valence-electron chi connectivity index (χ4n) is 2.08. The molecule has 0 fully saturated rings. The number of halogens is 2. The van der Waals surface area contributed by atoms with Crippen LogP contribution < -0.4 is 10.6 Å². The summed E-state index contributed by atoms with van der Waals surface area (Å²) in [5.74, 6) is -1.95. The highest BCUT2D eigenvalue weighted by Crippen LogP contribution is 2.27. The smallest absolute Gasteiger partial charge is 0.328 e. The van der Waals surface area contributed by atoms with Gasteiger partial charge in [0.25, 0.3) is 0 Å². The molecule has 2 rings (SSSR count). The zero-order valence-corrected chi connectivity index (χ0v) is 16.9. The molecule has 0 heterocycles. The number of amides is 2. The van der Waals surface area contributed by atoms with Crippen molar-refractivity contribution in [2.45, 2.75) is 17.1 Å². The van der Waals surface area contributed by atoms with Crippen molar-refractivity contribution in [1.29, 1.82) is 0 Å². The Balaban J connectivity index is 1.92. The van der Waals surface area contributed by atoms with Gasteiger partial charge >= 0.3 is 5.97 Å². The summed E-state index contributed by atoms with van der Waals surface area (Å²) in [6.07, 6.45) is 1.69. The molecule has 0 aliphatic heterocycles. The normalized spacial score (nSPS) is 11.8. The largest absolute Gasteiger partial charge is 0.478 e. The van der Waals surface area contributed by atoms with Gasteiger partial charge in [-0.2, -0.15) is 0 Å². The van der Waals surface area contributed by atoms with Crippen LogP contribution in [0, 0.1) is 0 Å². The molecule has 0 radical (unpaired) electrons. The predicted octanol–water partition coefficient (Wildman–Crippen LogP) is 4.69. The number of thioether (sulfide) groups is 1. The van der Waals surface area contributed by atoms with E-state index in [0.29, 0.717) is 21.4 Å². The Labute approximate surface area is 175 Å². The number of rotatable bonds is 7. The third-order valence-electron chi connectivity index (χ3n) is 3.31. The second kappa shape index (κ2) is 10.2. The number of anilines is 2. The molecule has 3 N–H and O–H groups in total. The van der Waals surface area contributed by atoms with Gasteiger partial charge in [-0.1, -0.05) is 23.2 Å². The summed E-state index contributed by atoms with van der Waals surface area (Å²) in [6.45, 7) is 1.76. The van der Waals surface area contributed by atoms with Crippen molar-refractivity contribution in [3.8, 4) is 0 Å². The Morgan fingerprint density at radius 2 is 1.57 bits per heavy atom. The lowest BCUT2D eigenvalue weighted by molar-refractivity contribution is -0.131. The third kappa shape index (κ3) is 7.26. The van der Waals surface area contributed by atoms with Crippen molar-refractivity contribution in [3.63, 3.8) is 0 Å². The Bertz CT molecular complexity index is 896. The van der Waals surface area contributed by atoms with Crippen molar-refractivity contribution >= 4 is 64.1 Å². The molecule has 0 aromatic heterocycles. The maximum absolute atomic E-state index is 12.3. The lowest BCUT2D eigenvalue weighted by Crippen LogP contribution is -2.22. The van der Waals surface area contributed by atoms with Gasteiger partial charge in [-0.15, -0.1) is 11.8 Å². The number of carbonyl (C=O) groups is 3. The molecule has 6 nitrogen and oxygen atoms in total. The molecule has 0 aliphatic rings. The first-order chi connectivity index (χ1) is 13.2. The van der Waals surface area contributed by atoms with E-state index in [-0.39, 0.29) is 5.91 Å². The first-order valence-corrected chi connectivity index (χ1v) is 9.62. The van der Waals surface area contributed by atoms with Gasteiger partial charge in [-0.05, 0) is 49.4 Å². The molecule has 28 heavy (non-hydrogen) atoms. The average Bonchev–Trinajstić information content (AvgIpc) is 2.60. The molecule has 0 bridgehead atoms. The van der Waals surface area contributed by atoms with Crippen LogP contribution in [-0.4, -0.2) is 28.1 Å². The average molecular weight is 439 g/mol. The first-order valence-electron chi connectivity index (χ1n) is 7.98. The van der Waals surface area contributed by atoms with E-state index in [0.717, 1.165) is 17.0 Å². The summed E-state index contributed by atoms with van der Waals surface area (Å²) in [4.78, 5) is 35.1. The minimum Gasteiger partial charge on any atom is -0.478 e. The van der Waals surface area contributed by atoms with Crippen LogP contribution in [0.25, 0.3) is 0 Å². The highest BCUT2D eigenvalue weighted by atomic mass is 35.5. The number of aliphatic carboxylic acids is 1. The lowest BCUT2D eigenvalue weighted by atomic mass is 10.3. The Morgan fingerprint density at radius 1 is 0.964 bits per heavy atom. The van der Waals surface area contributed by atoms with Gasteiger partial charge in [0.1, 0.15) is 0 Å². The quantitative estimate of drug-likeness (QED) is 0.430. The number of carbonyl (C=O) groups excluding carboxylic acids is 2. The minimum atomic E-state index is -1.20. The van der Waals surface area contributed by atoms with Crippen molar-refractivity contribution in [2.24, 2.45) is 0 Å². The van der Waals surface area contributed by atoms with Crippen LogP contribution in [0.5, 0.6) is 0 Å². The molecule has 2 amide bonds. The van der Waals surface area contributed by atoms with Crippen LogP contribution in [0.4, 0.5) is 11.4 Å². The molecule has 2 aromatic rings. The summed E-state index contributed by atoms with van der Waals surface area (Å²) >= 11 is 13.2. The standard InChI is InChI=1S/C19H16Cl2N2O4S/c1-11(19(27)23-15-9-12(20)8-13(21)10-15)28-16-4-2-14(3-5-16)22-17(24)6-7-18(25)26/h2-11H,1H3,(H,22,24)(H,23,27)(H,25,26)/b7-6+. The summed E-state index contributed by atoms with van der Waals surface area (Å²) in [5, 5.41) is 14.3. The van der Waals surface area contributed by atoms with E-state index in [1.165, 1.54) is 11.8 Å². The zero-order valence-electron chi connectivity index (χ0n) is 14.6. The van der Waals surface area contributed by atoms with Gasteiger partial charge in [-0.25, -0.2) is 4.79 Å². The van der Waals surface area contributed by atoms with Gasteiger partial charge in [0, 0.05) is 38.5 Å². The number of carboxylic acid groups (broad SMARTS) is 1. The highest BCUT2D eigenvalue weighted by Gasteiger charge is 2.15. The third-order valence-corrected chi connectivity index (χ3v) is 4.86. The van der Waals surface area contributed by atoms with Crippen molar-refractivity contribution in [2.75, 3.05) is 10.6 Å². The van der Waals surface area contributed by atoms with E-state index < -0.39 is 17.1 Å². The maximum atomic E-state index is 12.3. The van der Waals surface area contributed by atoms with Crippen LogP contribution in [0.2, 0.25) is 10.0 Å². The Hall–Kier alpha value is -2.48. The van der Waals surface area contributed by atoms with E-state index in [2.05, 4.69) is 10.6 Å². The van der Waals surface area contributed by atoms with Gasteiger partial charge in [0.2, 0.25) is 11.8 Å². The van der Waals surface area contributed by atoms with E-state index in [4.69, 9.17) is 28.3 Å². The minimum absolute atomic E-state index is 0.209. The van der Waals surface area contributed by atoms with E-state index >= 15 is 0 Å². The summed E-state index contributed by atoms with van der Waals surface area (Å²) in [5.41, 5.74) is 1.03. The molecule has 146 valence electrons. The van der Waals surface area contributed by atoms with Gasteiger partial charge in [-0.3, -0.25) is 9.59 Å². The first kappa shape index (κ1) is 21.8. The Kier molecular flexibility index (Phi) is 7.92. The summed E-state index contributed by atoms with van der Waals surface area (Å²) in [7, 11) is 0. The number of carboxylic acids is 1. The summed E-state index contributed by atoms with van der Waals surface area (Å²) < 4.78 is 0. The zero-order chi connectivity index (χ0) is 20.7. The number of benzene rings is 2. The number of hydrogen-bond donors (Lipinski definition) is 3. The fourth-order valence-corrected chi connectivity index (χ4v) is 3.47. The molecule has 0 saturated carbocycles. The van der Waals surface area contributed by atoms with E-state index in [9.17, 15) is 14.4 Å². The second-order valence-corrected chi connectivity index (χ2v) is 7.88. The van der Waals surface area contributed by atoms with Crippen LogP contribution in [0.3, 0.4) is 0 Å². The van der Waals surface area contributed by atoms with Crippen molar-refractivity contribution in [1.82, 2.24) is 0 Å². The van der Waals surface area contributed by atoms with Gasteiger partial charge in [0.05, 0.1) is 5.25 Å². The Morgan fingerprint density at radius 3 is 2.14 bits per heavy atom. The lowest BCUT2D eigenvalue weighted by Gasteiger charge is -2.13. The molecule has 0 spiro atoms. The van der Waals surface area contributed by atoms with Gasteiger partial charge in [0.15, 0.2) is 0 Å². The van der Waals surface area contributed by atoms with E-state index in [1.54, 1.807) is 49.4 Å². The molecule has 2 aromatic carbocycles. The van der Waals surface area contributed by atoms with E-state index in [1.807, 2.05) is 0 Å². The van der Waals surface area contributed by atoms with Crippen LogP contribution in [0.1, 0.15) is 6.92 Å². The number of nitrogens with one attached hydrogen (secondary N) is 2. The molecule has 1 atom stereocenters. The van der Waals surface area contributed by atoms with Crippen molar-refractivity contribution in [3.05, 3.63) is 64.7 Å². The van der Waals surface area contributed by atoms with Gasteiger partial charge < -0.3 is 15.7 Å². The SMILES string of the molecule is CC(Sc1ccc(NC(=O)/C=C/C(=O)O)cc1)C(=O)Nc1cc(Cl)cc(Cl)c1. The van der Waals surface area contributed by atoms with Crippen molar-refractivity contribution < 1.29 is 19.5 Å². The molecule has 1 unspecified atom stereocenters. The monoisotopic (exact) mass is 438 g/mol. The van der Waals surface area contributed by atoms with Crippen LogP contribution >= 0.6 is 35.0 Å². The fraction of sp³-hybridized carbons (Fsp3) is 0.105. The number of hydrogen-bond acceptors (Lipinski definition) is 4. The maximum Gasteiger partial charge on any atom is 0.328 e. The molecule has 0 saturated heterocycles. The molecular formula is C19H16Cl2N2O4S. The molecular weight excluding hydrogens is 423 g/mol. The predicted molar refractivity (Wildman–Crippen MR) is 112 cm³/mol. The highest BCUT2D eigenvalue weighted by molar-refractivity contribution is 8.00. The molecule has 0 aliphatic carbocycles. The second-order valence-electron chi connectivity index (χ2n) is 5.59. The summed E-state index contributed by atoms with van der Waals surface area (Å²) in [6, 6.07) is 11.6. The topological polar surface area (TPSA) is 95.5 Å². The van der Waals surface area contributed by atoms with Crippen LogP contribution in [-0.2, 0) is 14.4 Å². The molecule has 9 heteroatoms.